The van der Waals surface area contributed by atoms with Gasteiger partial charge in [-0.1, -0.05) is 18.2 Å². The molecule has 0 fully saturated rings. The summed E-state index contributed by atoms with van der Waals surface area (Å²) in [5.41, 5.74) is -2.02. The van der Waals surface area contributed by atoms with Crippen molar-refractivity contribution >= 4 is 31.8 Å². The van der Waals surface area contributed by atoms with E-state index in [-0.39, 0.29) is 0 Å². The van der Waals surface area contributed by atoms with E-state index in [1.807, 2.05) is 4.72 Å². The maximum atomic E-state index is 13.2. The molecule has 0 bridgehead atoms. The second-order valence-electron chi connectivity index (χ2n) is 5.22. The molecule has 2 aromatic carbocycles. The summed E-state index contributed by atoms with van der Waals surface area (Å²) in [7, 11) is -8.89. The van der Waals surface area contributed by atoms with Gasteiger partial charge in [0.15, 0.2) is 0 Å². The molecular formula is C15H12F4N2O4S2. The Bertz CT molecular complexity index is 1100. The zero-order chi connectivity index (χ0) is 20.5. The predicted molar refractivity (Wildman–Crippen MR) is 90.8 cm³/mol. The molecule has 12 heteroatoms. The molecule has 2 aromatic rings. The molecule has 0 aliphatic heterocycles. The van der Waals surface area contributed by atoms with Crippen LogP contribution in [0.2, 0.25) is 0 Å². The van der Waals surface area contributed by atoms with Crippen LogP contribution in [0.15, 0.2) is 52.8 Å². The van der Waals surface area contributed by atoms with Crippen molar-refractivity contribution in [2.45, 2.75) is 11.1 Å². The third-order valence-electron chi connectivity index (χ3n) is 3.20. The van der Waals surface area contributed by atoms with E-state index in [2.05, 4.69) is 0 Å². The van der Waals surface area contributed by atoms with Crippen LogP contribution in [0.3, 0.4) is 0 Å². The van der Waals surface area contributed by atoms with Crippen LogP contribution in [0.4, 0.5) is 23.2 Å². The summed E-state index contributed by atoms with van der Waals surface area (Å²) in [4.78, 5) is -0.824. The Balaban J connectivity index is 2.39. The van der Waals surface area contributed by atoms with Crippen LogP contribution >= 0.6 is 0 Å². The van der Waals surface area contributed by atoms with Crippen molar-refractivity contribution in [3.63, 3.8) is 0 Å². The van der Waals surface area contributed by atoms with Crippen molar-refractivity contribution in [2.24, 2.45) is 5.14 Å². The molecule has 0 aliphatic rings. The quantitative estimate of drug-likeness (QED) is 0.720. The van der Waals surface area contributed by atoms with E-state index in [1.54, 1.807) is 0 Å². The molecule has 0 radical (unpaired) electrons. The Labute approximate surface area is 152 Å². The number of alkyl halides is 3. The van der Waals surface area contributed by atoms with Crippen LogP contribution in [0.1, 0.15) is 11.1 Å². The van der Waals surface area contributed by atoms with E-state index >= 15 is 0 Å². The minimum atomic E-state index is -4.70. The van der Waals surface area contributed by atoms with Crippen molar-refractivity contribution in [1.29, 1.82) is 0 Å². The van der Waals surface area contributed by atoms with E-state index in [0.717, 1.165) is 30.3 Å². The van der Waals surface area contributed by atoms with Gasteiger partial charge < -0.3 is 0 Å². The first-order valence-electron chi connectivity index (χ1n) is 6.99. The summed E-state index contributed by atoms with van der Waals surface area (Å²) >= 11 is 0. The number of benzene rings is 2. The van der Waals surface area contributed by atoms with Crippen LogP contribution in [-0.4, -0.2) is 16.8 Å². The molecule has 6 nitrogen and oxygen atoms in total. The van der Waals surface area contributed by atoms with E-state index in [0.29, 0.717) is 17.6 Å². The number of sulfonamides is 2. The van der Waals surface area contributed by atoms with Crippen LogP contribution in [0.5, 0.6) is 0 Å². The van der Waals surface area contributed by atoms with Crippen LogP contribution < -0.4 is 9.86 Å². The average Bonchev–Trinajstić information content (AvgIpc) is 2.53. The van der Waals surface area contributed by atoms with Gasteiger partial charge in [0.05, 0.1) is 16.7 Å². The maximum Gasteiger partial charge on any atom is 0.416 e. The number of nitrogens with one attached hydrogen (secondary N) is 1. The van der Waals surface area contributed by atoms with Gasteiger partial charge in [0, 0.05) is 0 Å². The Morgan fingerprint density at radius 2 is 1.63 bits per heavy atom. The summed E-state index contributed by atoms with van der Waals surface area (Å²) in [6, 6.07) is 6.38. The summed E-state index contributed by atoms with van der Waals surface area (Å²) < 4.78 is 101. The second-order valence-corrected chi connectivity index (χ2v) is 8.32. The Hall–Kier alpha value is -2.44. The molecule has 0 spiro atoms. The SMILES string of the molecule is NS(=O)(=O)c1cc(F)ccc1NS(=O)(=O)/C=C/c1ccccc1C(F)(F)F. The number of nitrogens with two attached hydrogens (primary N) is 1. The number of hydrogen-bond donors (Lipinski definition) is 2. The molecule has 0 saturated heterocycles. The lowest BCUT2D eigenvalue weighted by molar-refractivity contribution is -0.137. The maximum absolute atomic E-state index is 13.2. The fourth-order valence-corrected chi connectivity index (χ4v) is 3.71. The Kier molecular flexibility index (Phi) is 5.63. The molecule has 0 unspecified atom stereocenters. The smallest absolute Gasteiger partial charge is 0.279 e. The highest BCUT2D eigenvalue weighted by Gasteiger charge is 2.32. The number of rotatable bonds is 5. The standard InChI is InChI=1S/C15H12F4N2O4S2/c16-11-5-6-13(14(9-11)27(20,24)25)21-26(22,23)8-7-10-3-1-2-4-12(10)15(17,18)19/h1-9,21H,(H2,20,24,25)/b8-7+. The fraction of sp³-hybridized carbons (Fsp3) is 0.0667. The van der Waals surface area contributed by atoms with Gasteiger partial charge in [0.1, 0.15) is 10.7 Å². The molecule has 2 rings (SSSR count). The lowest BCUT2D eigenvalue weighted by atomic mass is 10.1. The van der Waals surface area contributed by atoms with Gasteiger partial charge in [0.2, 0.25) is 10.0 Å². The summed E-state index contributed by atoms with van der Waals surface area (Å²) in [5.74, 6) is -0.975. The topological polar surface area (TPSA) is 106 Å². The molecule has 0 saturated carbocycles. The highest BCUT2D eigenvalue weighted by Crippen LogP contribution is 2.32. The molecule has 0 aliphatic carbocycles. The highest BCUT2D eigenvalue weighted by molar-refractivity contribution is 7.95. The monoisotopic (exact) mass is 424 g/mol. The van der Waals surface area contributed by atoms with Crippen molar-refractivity contribution in [2.75, 3.05) is 4.72 Å². The molecule has 27 heavy (non-hydrogen) atoms. The molecule has 0 heterocycles. The molecule has 146 valence electrons. The first-order chi connectivity index (χ1) is 12.3. The number of primary sulfonamides is 1. The van der Waals surface area contributed by atoms with Gasteiger partial charge in [-0.3, -0.25) is 4.72 Å². The molecular weight excluding hydrogens is 412 g/mol. The van der Waals surface area contributed by atoms with Crippen molar-refractivity contribution < 1.29 is 34.4 Å². The molecule has 0 aromatic heterocycles. The number of anilines is 1. The van der Waals surface area contributed by atoms with Gasteiger partial charge >= 0.3 is 6.18 Å². The van der Waals surface area contributed by atoms with Crippen molar-refractivity contribution in [1.82, 2.24) is 0 Å². The molecule has 0 amide bonds. The van der Waals surface area contributed by atoms with Crippen LogP contribution in [-0.2, 0) is 26.2 Å². The molecule has 0 atom stereocenters. The summed E-state index contributed by atoms with van der Waals surface area (Å²) in [6.07, 6.45) is -4.00. The Morgan fingerprint density at radius 1 is 1.00 bits per heavy atom. The fourth-order valence-electron chi connectivity index (χ4n) is 2.07. The zero-order valence-corrected chi connectivity index (χ0v) is 14.9. The normalized spacial score (nSPS) is 13.1. The first-order valence-corrected chi connectivity index (χ1v) is 10.1. The van der Waals surface area contributed by atoms with Crippen LogP contribution in [0, 0.1) is 5.82 Å². The molecule has 3 N–H and O–H groups in total. The summed E-state index contributed by atoms with van der Waals surface area (Å²) in [6.45, 7) is 0. The van der Waals surface area contributed by atoms with E-state index < -0.39 is 53.7 Å². The van der Waals surface area contributed by atoms with E-state index in [1.165, 1.54) is 6.07 Å². The van der Waals surface area contributed by atoms with Crippen LogP contribution in [0.25, 0.3) is 6.08 Å². The van der Waals surface area contributed by atoms with Gasteiger partial charge in [-0.05, 0) is 35.9 Å². The highest BCUT2D eigenvalue weighted by atomic mass is 32.2. The second kappa shape index (κ2) is 7.29. The zero-order valence-electron chi connectivity index (χ0n) is 13.2. The summed E-state index contributed by atoms with van der Waals surface area (Å²) in [5, 5.41) is 5.33. The average molecular weight is 424 g/mol. The van der Waals surface area contributed by atoms with Gasteiger partial charge in [0.25, 0.3) is 10.0 Å². The third kappa shape index (κ3) is 5.52. The minimum Gasteiger partial charge on any atom is -0.279 e. The number of halogens is 4. The van der Waals surface area contributed by atoms with E-state index in [9.17, 15) is 34.4 Å². The van der Waals surface area contributed by atoms with E-state index in [4.69, 9.17) is 5.14 Å². The lowest BCUT2D eigenvalue weighted by Crippen LogP contribution is -2.17. The predicted octanol–water partition coefficient (Wildman–Crippen LogP) is 2.90. The number of hydrogen-bond acceptors (Lipinski definition) is 4. The lowest BCUT2D eigenvalue weighted by Gasteiger charge is -2.11. The van der Waals surface area contributed by atoms with Crippen molar-refractivity contribution in [3.8, 4) is 0 Å². The van der Waals surface area contributed by atoms with Gasteiger partial charge in [-0.25, -0.2) is 26.4 Å². The minimum absolute atomic E-state index is 0.416. The van der Waals surface area contributed by atoms with Gasteiger partial charge in [-0.15, -0.1) is 0 Å². The first kappa shape index (κ1) is 20.9. The van der Waals surface area contributed by atoms with Crippen molar-refractivity contribution in [3.05, 3.63) is 64.8 Å². The Morgan fingerprint density at radius 3 is 2.22 bits per heavy atom. The largest absolute Gasteiger partial charge is 0.416 e. The van der Waals surface area contributed by atoms with Gasteiger partial charge in [-0.2, -0.15) is 13.2 Å². The third-order valence-corrected chi connectivity index (χ3v) is 5.14.